The summed E-state index contributed by atoms with van der Waals surface area (Å²) >= 11 is 0. The van der Waals surface area contributed by atoms with Crippen LogP contribution in [0.2, 0.25) is 0 Å². The summed E-state index contributed by atoms with van der Waals surface area (Å²) in [6.07, 6.45) is 0.860. The minimum absolute atomic E-state index is 0.228. The van der Waals surface area contributed by atoms with Gasteiger partial charge < -0.3 is 10.1 Å². The average molecular weight is 228 g/mol. The molecule has 2 N–H and O–H groups in total. The van der Waals surface area contributed by atoms with Gasteiger partial charge >= 0.3 is 0 Å². The summed E-state index contributed by atoms with van der Waals surface area (Å²) in [5.41, 5.74) is 0. The van der Waals surface area contributed by atoms with Gasteiger partial charge in [0.1, 0.15) is 6.04 Å². The van der Waals surface area contributed by atoms with Crippen molar-refractivity contribution in [2.75, 3.05) is 13.2 Å². The lowest BCUT2D eigenvalue weighted by atomic mass is 10.1. The van der Waals surface area contributed by atoms with Crippen LogP contribution in [-0.2, 0) is 19.1 Å². The van der Waals surface area contributed by atoms with E-state index in [1.54, 1.807) is 0 Å². The second kappa shape index (κ2) is 6.22. The molecule has 1 aliphatic rings. The Morgan fingerprint density at radius 1 is 1.56 bits per heavy atom. The maximum atomic E-state index is 11.4. The van der Waals surface area contributed by atoms with Crippen LogP contribution in [0.25, 0.3) is 0 Å². The molecule has 1 rings (SSSR count). The van der Waals surface area contributed by atoms with Gasteiger partial charge in [-0.1, -0.05) is 0 Å². The van der Waals surface area contributed by atoms with Gasteiger partial charge in [-0.15, -0.1) is 0 Å². The van der Waals surface area contributed by atoms with E-state index >= 15 is 0 Å². The Morgan fingerprint density at radius 2 is 2.31 bits per heavy atom. The summed E-state index contributed by atoms with van der Waals surface area (Å²) in [6, 6.07) is -0.591. The first kappa shape index (κ1) is 12.6. The number of carbonyl (C=O) groups excluding carboxylic acids is 3. The molecule has 0 bridgehead atoms. The molecule has 3 amide bonds. The lowest BCUT2D eigenvalue weighted by Crippen LogP contribution is -2.52. The van der Waals surface area contributed by atoms with Gasteiger partial charge in [-0.25, -0.2) is 0 Å². The number of hydrogen-bond acceptors (Lipinski definition) is 4. The number of hydrogen-bond donors (Lipinski definition) is 2. The third kappa shape index (κ3) is 3.98. The molecule has 6 nitrogen and oxygen atoms in total. The van der Waals surface area contributed by atoms with Crippen LogP contribution in [-0.4, -0.2) is 37.0 Å². The fraction of sp³-hybridized carbons (Fsp3) is 0.700. The maximum absolute atomic E-state index is 11.4. The first-order valence-corrected chi connectivity index (χ1v) is 5.34. The van der Waals surface area contributed by atoms with E-state index in [1.807, 2.05) is 6.92 Å². The Bertz CT molecular complexity index is 291. The third-order valence-corrected chi connectivity index (χ3v) is 2.25. The number of piperidine rings is 1. The quantitative estimate of drug-likeness (QED) is 0.483. The SMILES string of the molecule is CCOCCC(=O)NC1CCC(=O)NC1=O. The lowest BCUT2D eigenvalue weighted by Gasteiger charge is -2.21. The monoisotopic (exact) mass is 228 g/mol. The zero-order chi connectivity index (χ0) is 12.0. The highest BCUT2D eigenvalue weighted by atomic mass is 16.5. The highest BCUT2D eigenvalue weighted by Crippen LogP contribution is 2.04. The van der Waals surface area contributed by atoms with Crippen LogP contribution in [0.1, 0.15) is 26.2 Å². The Kier molecular flexibility index (Phi) is 4.91. The van der Waals surface area contributed by atoms with E-state index < -0.39 is 11.9 Å². The molecular formula is C10H16N2O4. The van der Waals surface area contributed by atoms with Crippen LogP contribution in [0.15, 0.2) is 0 Å². The van der Waals surface area contributed by atoms with Crippen LogP contribution in [0.3, 0.4) is 0 Å². The molecule has 0 aromatic rings. The summed E-state index contributed by atoms with van der Waals surface area (Å²) in [5, 5.41) is 4.74. The fourth-order valence-electron chi connectivity index (χ4n) is 1.41. The first-order chi connectivity index (χ1) is 7.63. The van der Waals surface area contributed by atoms with Crippen molar-refractivity contribution < 1.29 is 19.1 Å². The molecule has 90 valence electrons. The van der Waals surface area contributed by atoms with Crippen molar-refractivity contribution in [3.05, 3.63) is 0 Å². The first-order valence-electron chi connectivity index (χ1n) is 5.34. The maximum Gasteiger partial charge on any atom is 0.249 e. The Balaban J connectivity index is 2.28. The molecule has 16 heavy (non-hydrogen) atoms. The topological polar surface area (TPSA) is 84.5 Å². The molecule has 0 radical (unpaired) electrons. The van der Waals surface area contributed by atoms with Crippen molar-refractivity contribution in [3.63, 3.8) is 0 Å². The van der Waals surface area contributed by atoms with Crippen LogP contribution in [0.4, 0.5) is 0 Å². The molecule has 0 aromatic carbocycles. The standard InChI is InChI=1S/C10H16N2O4/c1-2-16-6-5-9(14)11-7-3-4-8(13)12-10(7)15/h7H,2-6H2,1H3,(H,11,14)(H,12,13,15). The predicted octanol–water partition coefficient (Wildman–Crippen LogP) is -0.666. The van der Waals surface area contributed by atoms with E-state index in [2.05, 4.69) is 10.6 Å². The molecule has 1 unspecified atom stereocenters. The largest absolute Gasteiger partial charge is 0.381 e. The summed E-state index contributed by atoms with van der Waals surface area (Å²) in [6.45, 7) is 2.75. The molecule has 6 heteroatoms. The van der Waals surface area contributed by atoms with Crippen molar-refractivity contribution in [2.24, 2.45) is 0 Å². The molecule has 0 aliphatic carbocycles. The molecule has 1 fully saturated rings. The van der Waals surface area contributed by atoms with Crippen LogP contribution >= 0.6 is 0 Å². The van der Waals surface area contributed by atoms with E-state index in [9.17, 15) is 14.4 Å². The Morgan fingerprint density at radius 3 is 2.94 bits per heavy atom. The molecule has 0 aromatic heterocycles. The van der Waals surface area contributed by atoms with Crippen molar-refractivity contribution in [2.45, 2.75) is 32.2 Å². The van der Waals surface area contributed by atoms with Gasteiger partial charge in [0.2, 0.25) is 17.7 Å². The smallest absolute Gasteiger partial charge is 0.249 e. The van der Waals surface area contributed by atoms with Gasteiger partial charge in [0, 0.05) is 19.4 Å². The van der Waals surface area contributed by atoms with Crippen molar-refractivity contribution in [1.82, 2.24) is 10.6 Å². The number of rotatable bonds is 5. The molecule has 0 spiro atoms. The average Bonchev–Trinajstić information content (AvgIpc) is 2.23. The highest BCUT2D eigenvalue weighted by molar-refractivity contribution is 6.01. The van der Waals surface area contributed by atoms with Crippen molar-refractivity contribution in [1.29, 1.82) is 0 Å². The normalized spacial score (nSPS) is 20.4. The van der Waals surface area contributed by atoms with Crippen LogP contribution < -0.4 is 10.6 Å². The summed E-state index contributed by atoms with van der Waals surface area (Å²) in [4.78, 5) is 33.5. The summed E-state index contributed by atoms with van der Waals surface area (Å²) < 4.78 is 5.02. The zero-order valence-electron chi connectivity index (χ0n) is 9.25. The van der Waals surface area contributed by atoms with E-state index in [4.69, 9.17) is 4.74 Å². The van der Waals surface area contributed by atoms with Gasteiger partial charge in [-0.05, 0) is 13.3 Å². The second-order valence-corrected chi connectivity index (χ2v) is 3.52. The lowest BCUT2D eigenvalue weighted by molar-refractivity contribution is -0.137. The Labute approximate surface area is 93.7 Å². The van der Waals surface area contributed by atoms with E-state index in [-0.39, 0.29) is 24.7 Å². The number of nitrogens with one attached hydrogen (secondary N) is 2. The van der Waals surface area contributed by atoms with E-state index in [0.717, 1.165) is 0 Å². The molecule has 0 saturated carbocycles. The van der Waals surface area contributed by atoms with Gasteiger partial charge in [0.25, 0.3) is 0 Å². The molecule has 1 saturated heterocycles. The number of amides is 3. The number of carbonyl (C=O) groups is 3. The predicted molar refractivity (Wildman–Crippen MR) is 55.4 cm³/mol. The van der Waals surface area contributed by atoms with Crippen molar-refractivity contribution in [3.8, 4) is 0 Å². The zero-order valence-corrected chi connectivity index (χ0v) is 9.25. The Hall–Kier alpha value is -1.43. The number of imide groups is 1. The minimum Gasteiger partial charge on any atom is -0.381 e. The summed E-state index contributed by atoms with van der Waals surface area (Å²) in [7, 11) is 0. The molecular weight excluding hydrogens is 212 g/mol. The second-order valence-electron chi connectivity index (χ2n) is 3.52. The van der Waals surface area contributed by atoms with E-state index in [0.29, 0.717) is 19.6 Å². The minimum atomic E-state index is -0.591. The fourth-order valence-corrected chi connectivity index (χ4v) is 1.41. The van der Waals surface area contributed by atoms with Gasteiger partial charge in [0.05, 0.1) is 6.61 Å². The third-order valence-electron chi connectivity index (χ3n) is 2.25. The van der Waals surface area contributed by atoms with Crippen molar-refractivity contribution >= 4 is 17.7 Å². The molecule has 1 heterocycles. The van der Waals surface area contributed by atoms with E-state index in [1.165, 1.54) is 0 Å². The highest BCUT2D eigenvalue weighted by Gasteiger charge is 2.27. The van der Waals surface area contributed by atoms with Gasteiger partial charge in [0.15, 0.2) is 0 Å². The summed E-state index contributed by atoms with van der Waals surface area (Å²) in [5.74, 6) is -0.950. The van der Waals surface area contributed by atoms with Crippen LogP contribution in [0, 0.1) is 0 Å². The van der Waals surface area contributed by atoms with Gasteiger partial charge in [-0.2, -0.15) is 0 Å². The number of ether oxygens (including phenoxy) is 1. The molecule has 1 aliphatic heterocycles. The van der Waals surface area contributed by atoms with Gasteiger partial charge in [-0.3, -0.25) is 19.7 Å². The molecule has 1 atom stereocenters. The van der Waals surface area contributed by atoms with Crippen LogP contribution in [0.5, 0.6) is 0 Å².